The van der Waals surface area contributed by atoms with Crippen LogP contribution in [0.5, 0.6) is 0 Å². The summed E-state index contributed by atoms with van der Waals surface area (Å²) in [6.45, 7) is 5.65. The molecule has 0 aliphatic rings. The summed E-state index contributed by atoms with van der Waals surface area (Å²) in [6, 6.07) is 15.2. The van der Waals surface area contributed by atoms with Gasteiger partial charge in [0.2, 0.25) is 10.7 Å². The third-order valence-electron chi connectivity index (χ3n) is 5.22. The molecule has 4 aromatic rings. The van der Waals surface area contributed by atoms with E-state index in [9.17, 15) is 9.59 Å². The van der Waals surface area contributed by atoms with Gasteiger partial charge in [0, 0.05) is 15.5 Å². The first-order chi connectivity index (χ1) is 14.8. The van der Waals surface area contributed by atoms with E-state index >= 15 is 0 Å². The lowest BCUT2D eigenvalue weighted by Crippen LogP contribution is -2.36. The highest BCUT2D eigenvalue weighted by Crippen LogP contribution is 2.35. The average Bonchev–Trinajstić information content (AvgIpc) is 3.08. The monoisotopic (exact) mass is 469 g/mol. The van der Waals surface area contributed by atoms with Crippen molar-refractivity contribution in [3.05, 3.63) is 84.7 Å². The lowest BCUT2D eigenvalue weighted by Gasteiger charge is -2.16. The predicted octanol–water partition coefficient (Wildman–Crippen LogP) is 5.93. The van der Waals surface area contributed by atoms with Crippen LogP contribution >= 0.6 is 35.2 Å². The van der Waals surface area contributed by atoms with Crippen molar-refractivity contribution in [1.82, 2.24) is 9.66 Å². The summed E-state index contributed by atoms with van der Waals surface area (Å²) < 4.78 is 1.24. The Labute approximate surface area is 193 Å². The Morgan fingerprint density at radius 3 is 2.61 bits per heavy atom. The van der Waals surface area contributed by atoms with Crippen LogP contribution in [0.1, 0.15) is 28.8 Å². The van der Waals surface area contributed by atoms with E-state index in [0.29, 0.717) is 20.8 Å². The summed E-state index contributed by atoms with van der Waals surface area (Å²) in [6.07, 6.45) is 0. The number of carbonyl (C=O) groups excluding carboxylic acids is 1. The summed E-state index contributed by atoms with van der Waals surface area (Å²) >= 11 is 13.1. The number of fused-ring (bicyclic) bond motifs is 1. The van der Waals surface area contributed by atoms with E-state index < -0.39 is 5.92 Å². The number of rotatable bonds is 4. The van der Waals surface area contributed by atoms with Gasteiger partial charge in [-0.15, -0.1) is 11.3 Å². The number of hydrogen-bond donors (Lipinski definition) is 2. The number of benzene rings is 2. The molecule has 4 rings (SSSR count). The molecule has 0 aliphatic heterocycles. The van der Waals surface area contributed by atoms with E-state index in [2.05, 4.69) is 10.4 Å². The lowest BCUT2D eigenvalue weighted by atomic mass is 9.99. The first-order valence-electron chi connectivity index (χ1n) is 9.68. The van der Waals surface area contributed by atoms with Gasteiger partial charge in [-0.05, 0) is 50.2 Å². The van der Waals surface area contributed by atoms with Crippen LogP contribution in [0, 0.1) is 18.6 Å². The van der Waals surface area contributed by atoms with Crippen molar-refractivity contribution in [3.8, 4) is 11.1 Å². The van der Waals surface area contributed by atoms with Crippen molar-refractivity contribution in [2.75, 3.05) is 5.43 Å². The fraction of sp³-hybridized carbons (Fsp3) is 0.174. The third kappa shape index (κ3) is 3.96. The van der Waals surface area contributed by atoms with Gasteiger partial charge in [0.1, 0.15) is 4.83 Å². The van der Waals surface area contributed by atoms with Gasteiger partial charge >= 0.3 is 0 Å². The Bertz CT molecular complexity index is 1420. The van der Waals surface area contributed by atoms with Gasteiger partial charge < -0.3 is 4.98 Å². The largest absolute Gasteiger partial charge is 0.322 e. The maximum atomic E-state index is 13.4. The van der Waals surface area contributed by atoms with Gasteiger partial charge in [0.15, 0.2) is 0 Å². The number of amides is 1. The summed E-state index contributed by atoms with van der Waals surface area (Å²) in [7, 11) is 0. The number of thiophene rings is 1. The molecule has 8 heteroatoms. The Balaban J connectivity index is 1.80. The van der Waals surface area contributed by atoms with Crippen LogP contribution in [-0.2, 0) is 4.79 Å². The second-order valence-electron chi connectivity index (χ2n) is 7.40. The molecule has 1 amide bonds. The maximum Gasteiger partial charge on any atom is 0.282 e. The molecule has 1 atom stereocenters. The molecule has 5 nitrogen and oxygen atoms in total. The Morgan fingerprint density at radius 2 is 1.90 bits per heavy atom. The number of aromatic amines is 1. The van der Waals surface area contributed by atoms with E-state index in [4.69, 9.17) is 23.8 Å². The number of aryl methyl sites for hydroxylation is 2. The topological polar surface area (TPSA) is 66.9 Å². The second-order valence-corrected chi connectivity index (χ2v) is 9.42. The zero-order valence-electron chi connectivity index (χ0n) is 17.2. The van der Waals surface area contributed by atoms with Crippen LogP contribution in [0.3, 0.4) is 0 Å². The first kappa shape index (κ1) is 21.5. The molecule has 0 saturated carbocycles. The van der Waals surface area contributed by atoms with Gasteiger partial charge in [-0.3, -0.25) is 15.0 Å². The van der Waals surface area contributed by atoms with Crippen molar-refractivity contribution in [3.63, 3.8) is 0 Å². The second kappa shape index (κ2) is 8.42. The number of halogens is 1. The van der Waals surface area contributed by atoms with Gasteiger partial charge in [0.05, 0.1) is 11.3 Å². The van der Waals surface area contributed by atoms with Crippen LogP contribution in [0.15, 0.2) is 53.3 Å². The van der Waals surface area contributed by atoms with E-state index in [1.54, 1.807) is 13.0 Å². The molecule has 0 spiro atoms. The van der Waals surface area contributed by atoms with E-state index in [1.165, 1.54) is 11.3 Å². The first-order valence-corrected chi connectivity index (χ1v) is 11.3. The summed E-state index contributed by atoms with van der Waals surface area (Å²) in [5.74, 6) is -0.941. The van der Waals surface area contributed by atoms with Gasteiger partial charge in [-0.2, -0.15) is 4.68 Å². The van der Waals surface area contributed by atoms with Crippen LogP contribution in [-0.4, -0.2) is 15.6 Å². The summed E-state index contributed by atoms with van der Waals surface area (Å²) in [5, 5.41) is 1.00. The van der Waals surface area contributed by atoms with Crippen molar-refractivity contribution in [2.45, 2.75) is 26.7 Å². The average molecular weight is 470 g/mol. The van der Waals surface area contributed by atoms with Crippen LogP contribution in [0.2, 0.25) is 5.02 Å². The predicted molar refractivity (Wildman–Crippen MR) is 130 cm³/mol. The molecule has 1 unspecified atom stereocenters. The molecular formula is C23H20ClN3O2S2. The number of nitrogens with one attached hydrogen (secondary N) is 2. The van der Waals surface area contributed by atoms with Crippen molar-refractivity contribution >= 4 is 51.3 Å². The molecule has 0 bridgehead atoms. The highest BCUT2D eigenvalue weighted by atomic mass is 35.5. The SMILES string of the molecule is Cc1ccc(Cl)c(C(C)C(=O)Nn2c(=S)[nH]c3sc(C)c(-c4ccccc4)c3c2=O)c1. The molecule has 2 N–H and O–H groups in total. The fourth-order valence-electron chi connectivity index (χ4n) is 3.59. The highest BCUT2D eigenvalue weighted by Gasteiger charge is 2.22. The molecule has 0 aliphatic carbocycles. The Kier molecular flexibility index (Phi) is 5.83. The minimum Gasteiger partial charge on any atom is -0.322 e. The van der Waals surface area contributed by atoms with Crippen molar-refractivity contribution in [1.29, 1.82) is 0 Å². The number of aromatic nitrogens is 2. The molecule has 0 saturated heterocycles. The van der Waals surface area contributed by atoms with E-state index in [1.807, 2.05) is 56.3 Å². The van der Waals surface area contributed by atoms with Gasteiger partial charge in [0.25, 0.3) is 5.56 Å². The standard InChI is InChI=1S/C23H20ClN3O2S2/c1-12-9-10-17(24)16(11-12)13(2)20(28)26-27-22(29)19-18(15-7-5-4-6-8-15)14(3)31-21(19)25-23(27)30/h4-11,13H,1-3H3,(H,25,30)(H,26,28). The Hall–Kier alpha value is -2.74. The maximum absolute atomic E-state index is 13.4. The summed E-state index contributed by atoms with van der Waals surface area (Å²) in [4.78, 5) is 31.2. The van der Waals surface area contributed by atoms with Gasteiger partial charge in [-0.25, -0.2) is 0 Å². The zero-order valence-corrected chi connectivity index (χ0v) is 19.5. The third-order valence-corrected chi connectivity index (χ3v) is 6.87. The molecule has 2 heterocycles. The molecule has 0 fully saturated rings. The van der Waals surface area contributed by atoms with Crippen molar-refractivity contribution < 1.29 is 4.79 Å². The number of nitrogens with zero attached hydrogens (tertiary/aromatic N) is 1. The minimum absolute atomic E-state index is 0.134. The molecule has 31 heavy (non-hydrogen) atoms. The highest BCUT2D eigenvalue weighted by molar-refractivity contribution is 7.71. The van der Waals surface area contributed by atoms with Gasteiger partial charge in [-0.1, -0.05) is 59.6 Å². The number of hydrogen-bond acceptors (Lipinski definition) is 4. The molecule has 158 valence electrons. The van der Waals surface area contributed by atoms with Crippen LogP contribution in [0.4, 0.5) is 0 Å². The zero-order chi connectivity index (χ0) is 22.3. The fourth-order valence-corrected chi connectivity index (χ4v) is 5.23. The Morgan fingerprint density at radius 1 is 1.19 bits per heavy atom. The minimum atomic E-state index is -0.567. The van der Waals surface area contributed by atoms with Crippen molar-refractivity contribution in [2.24, 2.45) is 0 Å². The number of carbonyl (C=O) groups is 1. The number of H-pyrrole nitrogens is 1. The lowest BCUT2D eigenvalue weighted by molar-refractivity contribution is -0.118. The van der Waals surface area contributed by atoms with Crippen LogP contribution in [0.25, 0.3) is 21.3 Å². The summed E-state index contributed by atoms with van der Waals surface area (Å²) in [5.41, 5.74) is 5.79. The molecule has 2 aromatic carbocycles. The van der Waals surface area contributed by atoms with E-state index in [-0.39, 0.29) is 16.2 Å². The quantitative estimate of drug-likeness (QED) is 0.364. The molecule has 0 radical (unpaired) electrons. The van der Waals surface area contributed by atoms with Crippen LogP contribution < -0.4 is 11.0 Å². The van der Waals surface area contributed by atoms with E-state index in [0.717, 1.165) is 26.2 Å². The molecule has 2 aromatic heterocycles. The molecular weight excluding hydrogens is 450 g/mol. The smallest absolute Gasteiger partial charge is 0.282 e. The normalized spacial score (nSPS) is 12.1.